The van der Waals surface area contributed by atoms with E-state index in [1.807, 2.05) is 0 Å². The predicted molar refractivity (Wildman–Crippen MR) is 95.9 cm³/mol. The Hall–Kier alpha value is -2.13. The third-order valence-electron chi connectivity index (χ3n) is 4.79. The molecule has 1 aliphatic heterocycles. The Bertz CT molecular complexity index is 841. The maximum atomic E-state index is 4.81. The maximum absolute atomic E-state index is 4.81. The Morgan fingerprint density at radius 2 is 1.78 bits per heavy atom. The van der Waals surface area contributed by atoms with Gasteiger partial charge in [-0.2, -0.15) is 0 Å². The van der Waals surface area contributed by atoms with Crippen molar-refractivity contribution < 1.29 is 0 Å². The molecule has 1 aromatic heterocycles. The van der Waals surface area contributed by atoms with Crippen LogP contribution in [0.3, 0.4) is 0 Å². The van der Waals surface area contributed by atoms with E-state index in [1.54, 1.807) is 0 Å². The molecule has 0 unspecified atom stereocenters. The number of fused-ring (bicyclic) bond motifs is 1. The van der Waals surface area contributed by atoms with E-state index >= 15 is 0 Å². The van der Waals surface area contributed by atoms with E-state index in [-0.39, 0.29) is 0 Å². The molecule has 0 amide bonds. The van der Waals surface area contributed by atoms with Crippen LogP contribution in [0.15, 0.2) is 42.5 Å². The van der Waals surface area contributed by atoms with Gasteiger partial charge in [0.05, 0.1) is 11.0 Å². The van der Waals surface area contributed by atoms with Crippen LogP contribution >= 0.6 is 0 Å². The van der Waals surface area contributed by atoms with Gasteiger partial charge in [-0.3, -0.25) is 4.57 Å². The molecule has 117 valence electrons. The Kier molecular flexibility index (Phi) is 3.66. The summed E-state index contributed by atoms with van der Waals surface area (Å²) in [4.78, 5) is 7.30. The van der Waals surface area contributed by atoms with Crippen molar-refractivity contribution in [2.24, 2.45) is 0 Å². The zero-order chi connectivity index (χ0) is 15.8. The average molecular weight is 305 g/mol. The van der Waals surface area contributed by atoms with Crippen LogP contribution in [0.4, 0.5) is 5.69 Å². The molecule has 3 nitrogen and oxygen atoms in total. The van der Waals surface area contributed by atoms with Gasteiger partial charge in [0, 0.05) is 30.7 Å². The van der Waals surface area contributed by atoms with Crippen molar-refractivity contribution in [1.29, 1.82) is 0 Å². The summed E-state index contributed by atoms with van der Waals surface area (Å²) in [6, 6.07) is 15.3. The molecule has 4 rings (SSSR count). The summed E-state index contributed by atoms with van der Waals surface area (Å²) in [6.45, 7) is 6.56. The lowest BCUT2D eigenvalue weighted by Crippen LogP contribution is -2.30. The molecular formula is C20H23N3+. The van der Waals surface area contributed by atoms with E-state index in [9.17, 15) is 0 Å². The van der Waals surface area contributed by atoms with E-state index < -0.39 is 0 Å². The molecule has 0 bridgehead atoms. The minimum absolute atomic E-state index is 1.04. The first-order valence-corrected chi connectivity index (χ1v) is 8.53. The number of piperidine rings is 1. The van der Waals surface area contributed by atoms with Gasteiger partial charge >= 0.3 is 0 Å². The minimum atomic E-state index is 1.04. The molecule has 0 saturated carbocycles. The smallest absolute Gasteiger partial charge is 0.183 e. The molecule has 0 N–H and O–H groups in total. The molecule has 1 saturated heterocycles. The first-order valence-electron chi connectivity index (χ1n) is 8.53. The van der Waals surface area contributed by atoms with Gasteiger partial charge in [0.1, 0.15) is 18.9 Å². The molecule has 1 radical (unpaired) electrons. The second kappa shape index (κ2) is 5.82. The van der Waals surface area contributed by atoms with Crippen LogP contribution < -0.4 is 4.90 Å². The van der Waals surface area contributed by atoms with Crippen LogP contribution in [0.25, 0.3) is 16.7 Å². The number of anilines is 1. The van der Waals surface area contributed by atoms with Gasteiger partial charge in [-0.05, 0) is 44.0 Å². The van der Waals surface area contributed by atoms with Crippen molar-refractivity contribution in [3.8, 4) is 5.69 Å². The van der Waals surface area contributed by atoms with Crippen LogP contribution in [0.2, 0.25) is 0 Å². The second-order valence-corrected chi connectivity index (χ2v) is 6.55. The van der Waals surface area contributed by atoms with Crippen molar-refractivity contribution in [2.45, 2.75) is 33.1 Å². The monoisotopic (exact) mass is 305 g/mol. The van der Waals surface area contributed by atoms with Gasteiger partial charge in [0.25, 0.3) is 0 Å². The minimum Gasteiger partial charge on any atom is -0.297 e. The third kappa shape index (κ3) is 2.66. The molecule has 2 aromatic carbocycles. The summed E-state index contributed by atoms with van der Waals surface area (Å²) < 4.78 is 2.25. The molecule has 23 heavy (non-hydrogen) atoms. The molecule has 0 aliphatic carbocycles. The molecule has 2 heterocycles. The highest BCUT2D eigenvalue weighted by molar-refractivity contribution is 5.81. The van der Waals surface area contributed by atoms with Crippen LogP contribution in [0, 0.1) is 13.8 Å². The highest BCUT2D eigenvalue weighted by Gasteiger charge is 2.23. The Morgan fingerprint density at radius 3 is 2.57 bits per heavy atom. The van der Waals surface area contributed by atoms with Gasteiger partial charge in [-0.1, -0.05) is 12.1 Å². The van der Waals surface area contributed by atoms with Gasteiger partial charge in [0.2, 0.25) is 0 Å². The van der Waals surface area contributed by atoms with Gasteiger partial charge < -0.3 is 0 Å². The van der Waals surface area contributed by atoms with Crippen molar-refractivity contribution in [1.82, 2.24) is 14.5 Å². The highest BCUT2D eigenvalue weighted by atomic mass is 15.1. The van der Waals surface area contributed by atoms with E-state index in [4.69, 9.17) is 4.98 Å². The Labute approximate surface area is 137 Å². The van der Waals surface area contributed by atoms with Crippen LogP contribution in [0.5, 0.6) is 0 Å². The fourth-order valence-electron chi connectivity index (χ4n) is 3.63. The number of benzene rings is 2. The van der Waals surface area contributed by atoms with Crippen molar-refractivity contribution >= 4 is 16.7 Å². The van der Waals surface area contributed by atoms with Crippen molar-refractivity contribution in [3.05, 3.63) is 53.9 Å². The first-order chi connectivity index (χ1) is 11.2. The summed E-state index contributed by atoms with van der Waals surface area (Å²) in [7, 11) is 0. The first kappa shape index (κ1) is 14.5. The zero-order valence-corrected chi connectivity index (χ0v) is 13.9. The fraction of sp³-hybridized carbons (Fsp3) is 0.350. The molecule has 1 fully saturated rings. The summed E-state index contributed by atoms with van der Waals surface area (Å²) in [5.74, 6) is 1.04. The lowest BCUT2D eigenvalue weighted by atomic mass is 10.1. The molecule has 3 aromatic rings. The zero-order valence-electron chi connectivity index (χ0n) is 13.9. The standard InChI is InChI=1S/C20H23N3/c1-15-7-6-8-18(13-15)23-16(2)21-19-14-17(9-10-20(19)23)22-11-4-3-5-12-22/h6-10,13-14H,3-5,11-12H2,1-2H3/q+1. The molecule has 0 atom stereocenters. The van der Waals surface area contributed by atoms with Crippen molar-refractivity contribution in [2.75, 3.05) is 13.1 Å². The molecule has 1 aliphatic rings. The predicted octanol–water partition coefficient (Wildman–Crippen LogP) is 4.60. The molecule has 3 heteroatoms. The summed E-state index contributed by atoms with van der Waals surface area (Å²) in [6.07, 6.45) is 3.96. The lowest BCUT2D eigenvalue weighted by Gasteiger charge is -2.16. The molecular weight excluding hydrogens is 282 g/mol. The number of hydrogen-bond donors (Lipinski definition) is 0. The van der Waals surface area contributed by atoms with E-state index in [0.717, 1.165) is 11.3 Å². The van der Waals surface area contributed by atoms with Crippen LogP contribution in [0.1, 0.15) is 30.7 Å². The number of imidazole rings is 1. The van der Waals surface area contributed by atoms with E-state index in [1.165, 1.54) is 54.8 Å². The third-order valence-corrected chi connectivity index (χ3v) is 4.79. The highest BCUT2D eigenvalue weighted by Crippen LogP contribution is 2.27. The maximum Gasteiger partial charge on any atom is 0.183 e. The largest absolute Gasteiger partial charge is 0.297 e. The molecule has 0 spiro atoms. The fourth-order valence-corrected chi connectivity index (χ4v) is 3.63. The summed E-state index contributed by atoms with van der Waals surface area (Å²) in [5.41, 5.74) is 6.05. The van der Waals surface area contributed by atoms with E-state index in [0.29, 0.717) is 0 Å². The lowest BCUT2D eigenvalue weighted by molar-refractivity contribution is 0.424. The quantitative estimate of drug-likeness (QED) is 0.635. The topological polar surface area (TPSA) is 23.7 Å². The summed E-state index contributed by atoms with van der Waals surface area (Å²) in [5, 5.41) is 0. The number of rotatable bonds is 2. The van der Waals surface area contributed by atoms with E-state index in [2.05, 4.69) is 65.8 Å². The van der Waals surface area contributed by atoms with Crippen molar-refractivity contribution in [3.63, 3.8) is 0 Å². The summed E-state index contributed by atoms with van der Waals surface area (Å²) >= 11 is 0. The average Bonchev–Trinajstić information content (AvgIpc) is 2.90. The normalized spacial score (nSPS) is 16.1. The SMILES string of the molecule is Cc1cccc(-n2c(C)nc3cc([N+]4CCCCC4)ccc32)c1. The number of nitrogens with zero attached hydrogens (tertiary/aromatic N) is 3. The number of aryl methyl sites for hydroxylation is 2. The number of aromatic nitrogens is 2. The van der Waals surface area contributed by atoms with Gasteiger partial charge in [-0.25, -0.2) is 4.98 Å². The Morgan fingerprint density at radius 1 is 0.957 bits per heavy atom. The second-order valence-electron chi connectivity index (χ2n) is 6.55. The van der Waals surface area contributed by atoms with Crippen LogP contribution in [-0.4, -0.2) is 22.6 Å². The van der Waals surface area contributed by atoms with Gasteiger partial charge in [-0.15, -0.1) is 4.90 Å². The number of hydrogen-bond acceptors (Lipinski definition) is 2. The van der Waals surface area contributed by atoms with Gasteiger partial charge in [0.15, 0.2) is 5.69 Å². The Balaban J connectivity index is 1.80. The van der Waals surface area contributed by atoms with Crippen LogP contribution in [-0.2, 0) is 0 Å².